The molecule has 1 aliphatic carbocycles. The molecule has 0 unspecified atom stereocenters. The molecule has 1 aromatic carbocycles. The van der Waals surface area contributed by atoms with Crippen LogP contribution in [-0.2, 0) is 0 Å². The standard InChI is InChI=1S/C17H23N3/c1-14-5-6-16(15(11-14)12-18)20-10-9-19-13-17(20)7-3-2-4-8-17/h5-6,11,19H,2-4,7-10,13H2,1H3. The summed E-state index contributed by atoms with van der Waals surface area (Å²) in [6.45, 7) is 5.14. The lowest BCUT2D eigenvalue weighted by Gasteiger charge is -2.51. The van der Waals surface area contributed by atoms with E-state index in [-0.39, 0.29) is 5.54 Å². The van der Waals surface area contributed by atoms with Crippen molar-refractivity contribution in [2.75, 3.05) is 24.5 Å². The van der Waals surface area contributed by atoms with E-state index in [2.05, 4.69) is 35.3 Å². The minimum atomic E-state index is 0.233. The molecule has 1 N–H and O–H groups in total. The molecule has 0 amide bonds. The zero-order valence-corrected chi connectivity index (χ0v) is 12.3. The van der Waals surface area contributed by atoms with Gasteiger partial charge in [0.05, 0.1) is 16.8 Å². The van der Waals surface area contributed by atoms with Crippen LogP contribution < -0.4 is 10.2 Å². The molecular weight excluding hydrogens is 246 g/mol. The lowest BCUT2D eigenvalue weighted by molar-refractivity contribution is 0.241. The third-order valence-electron chi connectivity index (χ3n) is 4.89. The molecule has 3 rings (SSSR count). The van der Waals surface area contributed by atoms with Gasteiger partial charge >= 0.3 is 0 Å². The highest BCUT2D eigenvalue weighted by Gasteiger charge is 2.40. The van der Waals surface area contributed by atoms with Crippen molar-refractivity contribution in [1.82, 2.24) is 5.32 Å². The zero-order chi connectivity index (χ0) is 14.0. The van der Waals surface area contributed by atoms with Gasteiger partial charge < -0.3 is 10.2 Å². The topological polar surface area (TPSA) is 39.1 Å². The van der Waals surface area contributed by atoms with Gasteiger partial charge in [0.15, 0.2) is 0 Å². The molecule has 3 nitrogen and oxygen atoms in total. The van der Waals surface area contributed by atoms with Crippen LogP contribution in [0.3, 0.4) is 0 Å². The first-order chi connectivity index (χ1) is 9.75. The first-order valence-electron chi connectivity index (χ1n) is 7.74. The second-order valence-electron chi connectivity index (χ2n) is 6.25. The van der Waals surface area contributed by atoms with Crippen molar-refractivity contribution in [3.8, 4) is 6.07 Å². The minimum Gasteiger partial charge on any atom is -0.362 e. The molecule has 0 bridgehead atoms. The number of piperazine rings is 1. The van der Waals surface area contributed by atoms with E-state index in [1.54, 1.807) is 0 Å². The van der Waals surface area contributed by atoms with Crippen molar-refractivity contribution in [3.05, 3.63) is 29.3 Å². The second kappa shape index (κ2) is 5.46. The summed E-state index contributed by atoms with van der Waals surface area (Å²) in [5, 5.41) is 13.0. The smallest absolute Gasteiger partial charge is 0.101 e. The van der Waals surface area contributed by atoms with Crippen LogP contribution in [-0.4, -0.2) is 25.2 Å². The SMILES string of the molecule is Cc1ccc(N2CCNCC23CCCCC3)c(C#N)c1. The highest BCUT2D eigenvalue weighted by Crippen LogP contribution is 2.38. The van der Waals surface area contributed by atoms with Gasteiger partial charge in [0, 0.05) is 19.6 Å². The third kappa shape index (κ3) is 2.29. The van der Waals surface area contributed by atoms with Crippen LogP contribution in [0.15, 0.2) is 18.2 Å². The predicted octanol–water partition coefficient (Wildman–Crippen LogP) is 2.98. The van der Waals surface area contributed by atoms with Crippen LogP contribution in [0.25, 0.3) is 0 Å². The van der Waals surface area contributed by atoms with Crippen molar-refractivity contribution in [3.63, 3.8) is 0 Å². The van der Waals surface area contributed by atoms with E-state index in [9.17, 15) is 5.26 Å². The first-order valence-corrected chi connectivity index (χ1v) is 7.74. The second-order valence-corrected chi connectivity index (χ2v) is 6.25. The number of nitrogens with one attached hydrogen (secondary N) is 1. The Hall–Kier alpha value is -1.53. The average Bonchev–Trinajstić information content (AvgIpc) is 2.49. The highest BCUT2D eigenvalue weighted by atomic mass is 15.3. The summed E-state index contributed by atoms with van der Waals surface area (Å²) in [7, 11) is 0. The quantitative estimate of drug-likeness (QED) is 0.852. The van der Waals surface area contributed by atoms with Crippen LogP contribution in [0.4, 0.5) is 5.69 Å². The molecule has 0 atom stereocenters. The maximum Gasteiger partial charge on any atom is 0.101 e. The van der Waals surface area contributed by atoms with E-state index in [4.69, 9.17) is 0 Å². The molecule has 106 valence electrons. The number of nitrogens with zero attached hydrogens (tertiary/aromatic N) is 2. The van der Waals surface area contributed by atoms with E-state index in [0.29, 0.717) is 0 Å². The number of hydrogen-bond donors (Lipinski definition) is 1. The van der Waals surface area contributed by atoms with Gasteiger partial charge in [-0.3, -0.25) is 0 Å². The first kappa shape index (κ1) is 13.5. The van der Waals surface area contributed by atoms with Crippen LogP contribution in [0, 0.1) is 18.3 Å². The molecule has 0 aromatic heterocycles. The predicted molar refractivity (Wildman–Crippen MR) is 81.9 cm³/mol. The van der Waals surface area contributed by atoms with Crippen molar-refractivity contribution in [2.45, 2.75) is 44.6 Å². The van der Waals surface area contributed by atoms with Gasteiger partial charge in [-0.2, -0.15) is 5.26 Å². The lowest BCUT2D eigenvalue weighted by Crippen LogP contribution is -2.62. The van der Waals surface area contributed by atoms with E-state index >= 15 is 0 Å². The van der Waals surface area contributed by atoms with E-state index in [0.717, 1.165) is 36.4 Å². The summed E-state index contributed by atoms with van der Waals surface area (Å²) in [5.74, 6) is 0. The maximum absolute atomic E-state index is 9.47. The summed E-state index contributed by atoms with van der Waals surface area (Å²) < 4.78 is 0. The third-order valence-corrected chi connectivity index (χ3v) is 4.89. The molecule has 1 spiro atoms. The summed E-state index contributed by atoms with van der Waals surface area (Å²) in [6, 6.07) is 8.70. The van der Waals surface area contributed by atoms with Crippen molar-refractivity contribution in [2.24, 2.45) is 0 Å². The fourth-order valence-electron chi connectivity index (χ4n) is 3.85. The van der Waals surface area contributed by atoms with Crippen LogP contribution >= 0.6 is 0 Å². The molecule has 2 fully saturated rings. The minimum absolute atomic E-state index is 0.233. The molecule has 0 radical (unpaired) electrons. The number of hydrogen-bond acceptors (Lipinski definition) is 3. The largest absolute Gasteiger partial charge is 0.362 e. The Balaban J connectivity index is 2.00. The number of benzene rings is 1. The maximum atomic E-state index is 9.47. The summed E-state index contributed by atoms with van der Waals surface area (Å²) in [5.41, 5.74) is 3.37. The Bertz CT molecular complexity index is 515. The zero-order valence-electron chi connectivity index (χ0n) is 12.3. The van der Waals surface area contributed by atoms with Crippen molar-refractivity contribution >= 4 is 5.69 Å². The Labute approximate surface area is 121 Å². The molecule has 1 saturated heterocycles. The van der Waals surface area contributed by atoms with Crippen molar-refractivity contribution < 1.29 is 0 Å². The molecule has 1 aliphatic heterocycles. The molecule has 3 heteroatoms. The number of rotatable bonds is 1. The Morgan fingerprint density at radius 2 is 2.05 bits per heavy atom. The lowest BCUT2D eigenvalue weighted by atomic mass is 9.78. The number of aryl methyl sites for hydroxylation is 1. The number of anilines is 1. The van der Waals surface area contributed by atoms with Gasteiger partial charge in [0.1, 0.15) is 6.07 Å². The fourth-order valence-corrected chi connectivity index (χ4v) is 3.85. The monoisotopic (exact) mass is 269 g/mol. The highest BCUT2D eigenvalue weighted by molar-refractivity contribution is 5.62. The summed E-state index contributed by atoms with van der Waals surface area (Å²) in [4.78, 5) is 2.53. The van der Waals surface area contributed by atoms with Crippen LogP contribution in [0.2, 0.25) is 0 Å². The van der Waals surface area contributed by atoms with E-state index < -0.39 is 0 Å². The molecule has 1 saturated carbocycles. The van der Waals surface area contributed by atoms with Gasteiger partial charge in [0.25, 0.3) is 0 Å². The molecule has 2 aliphatic rings. The van der Waals surface area contributed by atoms with Gasteiger partial charge in [-0.15, -0.1) is 0 Å². The average molecular weight is 269 g/mol. The molecule has 20 heavy (non-hydrogen) atoms. The summed E-state index contributed by atoms with van der Waals surface area (Å²) >= 11 is 0. The van der Waals surface area contributed by atoms with E-state index in [1.165, 1.54) is 32.1 Å². The molecule has 1 aromatic rings. The van der Waals surface area contributed by atoms with Gasteiger partial charge in [-0.25, -0.2) is 0 Å². The van der Waals surface area contributed by atoms with Gasteiger partial charge in [0.2, 0.25) is 0 Å². The Morgan fingerprint density at radius 3 is 2.80 bits per heavy atom. The van der Waals surface area contributed by atoms with Crippen molar-refractivity contribution in [1.29, 1.82) is 5.26 Å². The molecule has 1 heterocycles. The normalized spacial score (nSPS) is 21.7. The van der Waals surface area contributed by atoms with Gasteiger partial charge in [-0.05, 0) is 37.5 Å². The fraction of sp³-hybridized carbons (Fsp3) is 0.588. The van der Waals surface area contributed by atoms with Crippen LogP contribution in [0.1, 0.15) is 43.2 Å². The van der Waals surface area contributed by atoms with Crippen LogP contribution in [0.5, 0.6) is 0 Å². The number of nitriles is 1. The summed E-state index contributed by atoms with van der Waals surface area (Å²) in [6.07, 6.45) is 6.48. The van der Waals surface area contributed by atoms with E-state index in [1.807, 2.05) is 6.07 Å². The molecular formula is C17H23N3. The Morgan fingerprint density at radius 1 is 1.25 bits per heavy atom. The van der Waals surface area contributed by atoms with Gasteiger partial charge in [-0.1, -0.05) is 25.3 Å². The Kier molecular flexibility index (Phi) is 3.67.